The molecule has 4 heteroatoms. The molecular weight excluding hydrogens is 248 g/mol. The van der Waals surface area contributed by atoms with E-state index in [1.54, 1.807) is 24.3 Å². The quantitative estimate of drug-likeness (QED) is 0.678. The van der Waals surface area contributed by atoms with Crippen LogP contribution < -0.4 is 4.18 Å². The molecule has 0 amide bonds. The molecule has 3 nitrogen and oxygen atoms in total. The average Bonchev–Trinajstić information content (AvgIpc) is 2.35. The highest BCUT2D eigenvalue weighted by Gasteiger charge is 2.19. The summed E-state index contributed by atoms with van der Waals surface area (Å²) in [7, 11) is -3.48. The van der Waals surface area contributed by atoms with Crippen LogP contribution in [0.3, 0.4) is 0 Å². The Bertz CT molecular complexity index is 426. The van der Waals surface area contributed by atoms with E-state index in [1.165, 1.54) is 0 Å². The second-order valence-electron chi connectivity index (χ2n) is 4.54. The number of para-hydroxylation sites is 1. The summed E-state index contributed by atoms with van der Waals surface area (Å²) in [6.45, 7) is 4.14. The minimum Gasteiger partial charge on any atom is -0.382 e. The molecule has 0 aliphatic carbocycles. The van der Waals surface area contributed by atoms with Gasteiger partial charge in [-0.3, -0.25) is 0 Å². The lowest BCUT2D eigenvalue weighted by Gasteiger charge is -2.14. The van der Waals surface area contributed by atoms with Crippen LogP contribution >= 0.6 is 0 Å². The third kappa shape index (κ3) is 5.54. The maximum absolute atomic E-state index is 11.9. The first kappa shape index (κ1) is 15.0. The lowest BCUT2D eigenvalue weighted by Crippen LogP contribution is -2.20. The minimum absolute atomic E-state index is 0.110. The Kier molecular flexibility index (Phi) is 6.19. The molecule has 0 heterocycles. The zero-order valence-electron chi connectivity index (χ0n) is 11.1. The Hall–Kier alpha value is -1.03. The van der Waals surface area contributed by atoms with E-state index < -0.39 is 10.1 Å². The zero-order chi connectivity index (χ0) is 13.4. The highest BCUT2D eigenvalue weighted by Crippen LogP contribution is 2.18. The largest absolute Gasteiger partial charge is 0.382 e. The zero-order valence-corrected chi connectivity index (χ0v) is 11.9. The first-order valence-electron chi connectivity index (χ1n) is 6.54. The molecule has 1 atom stereocenters. The van der Waals surface area contributed by atoms with Gasteiger partial charge in [0.05, 0.1) is 5.75 Å². The Morgan fingerprint density at radius 2 is 1.83 bits per heavy atom. The highest BCUT2D eigenvalue weighted by atomic mass is 32.2. The fourth-order valence-corrected chi connectivity index (χ4v) is 3.30. The van der Waals surface area contributed by atoms with E-state index >= 15 is 0 Å². The molecular formula is C14H22O3S. The monoisotopic (exact) mass is 270 g/mol. The van der Waals surface area contributed by atoms with Gasteiger partial charge in [0.1, 0.15) is 5.75 Å². The normalized spacial score (nSPS) is 13.2. The van der Waals surface area contributed by atoms with Crippen molar-refractivity contribution < 1.29 is 12.6 Å². The highest BCUT2D eigenvalue weighted by molar-refractivity contribution is 7.87. The molecule has 0 aromatic heterocycles. The van der Waals surface area contributed by atoms with Crippen LogP contribution in [0.15, 0.2) is 30.3 Å². The van der Waals surface area contributed by atoms with Crippen molar-refractivity contribution in [3.05, 3.63) is 30.3 Å². The molecule has 0 aliphatic heterocycles. The number of hydrogen-bond donors (Lipinski definition) is 0. The van der Waals surface area contributed by atoms with Crippen molar-refractivity contribution in [2.75, 3.05) is 5.75 Å². The van der Waals surface area contributed by atoms with Gasteiger partial charge in [0.25, 0.3) is 0 Å². The van der Waals surface area contributed by atoms with Crippen LogP contribution in [0.4, 0.5) is 0 Å². The lowest BCUT2D eigenvalue weighted by atomic mass is 10.0. The molecule has 1 aromatic carbocycles. The Labute approximate surface area is 110 Å². The summed E-state index contributed by atoms with van der Waals surface area (Å²) in [5.41, 5.74) is 0. The fraction of sp³-hybridized carbons (Fsp3) is 0.571. The molecule has 0 saturated heterocycles. The number of rotatable bonds is 8. The fourth-order valence-electron chi connectivity index (χ4n) is 1.84. The summed E-state index contributed by atoms with van der Waals surface area (Å²) in [5.74, 6) is 0.694. The van der Waals surface area contributed by atoms with Crippen molar-refractivity contribution in [2.45, 2.75) is 39.5 Å². The smallest absolute Gasteiger partial charge is 0.309 e. The van der Waals surface area contributed by atoms with Crippen LogP contribution in [-0.2, 0) is 10.1 Å². The van der Waals surface area contributed by atoms with E-state index in [1.807, 2.05) is 13.0 Å². The van der Waals surface area contributed by atoms with Gasteiger partial charge in [-0.15, -0.1) is 0 Å². The second kappa shape index (κ2) is 7.41. The maximum atomic E-state index is 11.9. The SMILES string of the molecule is CCCCC(CC)CS(=O)(=O)Oc1ccccc1. The van der Waals surface area contributed by atoms with Gasteiger partial charge in [0, 0.05) is 0 Å². The Balaban J connectivity index is 2.58. The average molecular weight is 270 g/mol. The molecule has 102 valence electrons. The van der Waals surface area contributed by atoms with Gasteiger partial charge in [-0.1, -0.05) is 51.3 Å². The lowest BCUT2D eigenvalue weighted by molar-refractivity contribution is 0.443. The maximum Gasteiger partial charge on any atom is 0.309 e. The van der Waals surface area contributed by atoms with Crippen molar-refractivity contribution in [1.82, 2.24) is 0 Å². The predicted molar refractivity (Wildman–Crippen MR) is 74.2 cm³/mol. The standard InChI is InChI=1S/C14H22O3S/c1-3-5-9-13(4-2)12-18(15,16)17-14-10-7-6-8-11-14/h6-8,10-11,13H,3-5,9,12H2,1-2H3. The van der Waals surface area contributed by atoms with Crippen LogP contribution in [0.1, 0.15) is 39.5 Å². The summed E-state index contributed by atoms with van der Waals surface area (Å²) < 4.78 is 28.9. The molecule has 0 aliphatic rings. The van der Waals surface area contributed by atoms with Crippen molar-refractivity contribution in [3.63, 3.8) is 0 Å². The third-order valence-electron chi connectivity index (χ3n) is 2.95. The van der Waals surface area contributed by atoms with E-state index in [2.05, 4.69) is 6.92 Å². The van der Waals surface area contributed by atoms with Crippen LogP contribution in [0.25, 0.3) is 0 Å². The summed E-state index contributed by atoms with van der Waals surface area (Å²) >= 11 is 0. The number of benzene rings is 1. The topological polar surface area (TPSA) is 43.4 Å². The van der Waals surface area contributed by atoms with Gasteiger partial charge in [0.2, 0.25) is 0 Å². The van der Waals surface area contributed by atoms with E-state index in [-0.39, 0.29) is 11.7 Å². The molecule has 1 unspecified atom stereocenters. The van der Waals surface area contributed by atoms with Gasteiger partial charge >= 0.3 is 10.1 Å². The number of hydrogen-bond acceptors (Lipinski definition) is 3. The first-order chi connectivity index (χ1) is 8.57. The molecule has 0 saturated carbocycles. The molecule has 0 radical (unpaired) electrons. The van der Waals surface area contributed by atoms with Crippen molar-refractivity contribution in [3.8, 4) is 5.75 Å². The van der Waals surface area contributed by atoms with Crippen molar-refractivity contribution >= 4 is 10.1 Å². The summed E-state index contributed by atoms with van der Waals surface area (Å²) in [4.78, 5) is 0. The molecule has 18 heavy (non-hydrogen) atoms. The van der Waals surface area contributed by atoms with Gasteiger partial charge < -0.3 is 4.18 Å². The Morgan fingerprint density at radius 1 is 1.17 bits per heavy atom. The molecule has 0 bridgehead atoms. The molecule has 1 aromatic rings. The van der Waals surface area contributed by atoms with E-state index in [0.29, 0.717) is 5.75 Å². The Morgan fingerprint density at radius 3 is 2.39 bits per heavy atom. The summed E-state index contributed by atoms with van der Waals surface area (Å²) in [6, 6.07) is 8.67. The van der Waals surface area contributed by atoms with Crippen molar-refractivity contribution in [1.29, 1.82) is 0 Å². The summed E-state index contributed by atoms with van der Waals surface area (Å²) in [5, 5.41) is 0. The second-order valence-corrected chi connectivity index (χ2v) is 6.15. The van der Waals surface area contributed by atoms with Crippen LogP contribution in [0.5, 0.6) is 5.75 Å². The van der Waals surface area contributed by atoms with E-state index in [4.69, 9.17) is 4.18 Å². The van der Waals surface area contributed by atoms with Gasteiger partial charge in [-0.05, 0) is 24.5 Å². The summed E-state index contributed by atoms with van der Waals surface area (Å²) in [6.07, 6.45) is 3.98. The molecule has 0 spiro atoms. The van der Waals surface area contributed by atoms with Gasteiger partial charge in [0.15, 0.2) is 0 Å². The van der Waals surface area contributed by atoms with Crippen molar-refractivity contribution in [2.24, 2.45) is 5.92 Å². The van der Waals surface area contributed by atoms with Gasteiger partial charge in [-0.2, -0.15) is 8.42 Å². The van der Waals surface area contributed by atoms with E-state index in [0.717, 1.165) is 25.7 Å². The van der Waals surface area contributed by atoms with Crippen LogP contribution in [0.2, 0.25) is 0 Å². The third-order valence-corrected chi connectivity index (χ3v) is 4.28. The predicted octanol–water partition coefficient (Wildman–Crippen LogP) is 3.61. The molecule has 0 fully saturated rings. The first-order valence-corrected chi connectivity index (χ1v) is 8.12. The molecule has 1 rings (SSSR count). The minimum atomic E-state index is -3.48. The van der Waals surface area contributed by atoms with Crippen LogP contribution in [0, 0.1) is 5.92 Å². The molecule has 0 N–H and O–H groups in total. The van der Waals surface area contributed by atoms with Crippen LogP contribution in [-0.4, -0.2) is 14.2 Å². The van der Waals surface area contributed by atoms with E-state index in [9.17, 15) is 8.42 Å². The number of unbranched alkanes of at least 4 members (excludes halogenated alkanes) is 1. The van der Waals surface area contributed by atoms with Gasteiger partial charge in [-0.25, -0.2) is 0 Å².